The number of benzene rings is 1. The minimum Gasteiger partial charge on any atom is -0.265 e. The van der Waals surface area contributed by atoms with Crippen molar-refractivity contribution in [3.63, 3.8) is 0 Å². The molecule has 4 nitrogen and oxygen atoms in total. The Kier molecular flexibility index (Phi) is 6.06. The third-order valence-electron chi connectivity index (χ3n) is 3.59. The Morgan fingerprint density at radius 1 is 1.17 bits per heavy atom. The highest BCUT2D eigenvalue weighted by Crippen LogP contribution is 2.38. The van der Waals surface area contributed by atoms with Gasteiger partial charge in [0.25, 0.3) is 10.1 Å². The highest BCUT2D eigenvalue weighted by Gasteiger charge is 2.34. The number of pyridine rings is 1. The van der Waals surface area contributed by atoms with Gasteiger partial charge in [0.15, 0.2) is 0 Å². The van der Waals surface area contributed by atoms with Crippen molar-refractivity contribution in [2.75, 3.05) is 6.26 Å². The van der Waals surface area contributed by atoms with Crippen molar-refractivity contribution in [3.8, 4) is 0 Å². The summed E-state index contributed by atoms with van der Waals surface area (Å²) >= 11 is 1.61. The maximum Gasteiger partial charge on any atom is 0.264 e. The molecule has 0 aliphatic rings. The molecule has 0 bridgehead atoms. The summed E-state index contributed by atoms with van der Waals surface area (Å²) in [7, 11) is -3.57. The topological polar surface area (TPSA) is 56.3 Å². The molecule has 0 amide bonds. The first-order chi connectivity index (χ1) is 11.2. The van der Waals surface area contributed by atoms with Crippen LogP contribution in [0.3, 0.4) is 0 Å². The lowest BCUT2D eigenvalue weighted by molar-refractivity contribution is 0.176. The van der Waals surface area contributed by atoms with E-state index in [9.17, 15) is 8.42 Å². The van der Waals surface area contributed by atoms with Gasteiger partial charge in [-0.3, -0.25) is 9.17 Å². The molecule has 0 saturated carbocycles. The van der Waals surface area contributed by atoms with Crippen LogP contribution in [0.25, 0.3) is 0 Å². The van der Waals surface area contributed by atoms with Gasteiger partial charge >= 0.3 is 0 Å². The predicted octanol–water partition coefficient (Wildman–Crippen LogP) is 3.85. The van der Waals surface area contributed by atoms with Crippen LogP contribution in [-0.4, -0.2) is 30.5 Å². The van der Waals surface area contributed by atoms with Crippen molar-refractivity contribution in [1.82, 2.24) is 4.98 Å². The molecule has 1 heterocycles. The number of hydrogen-bond acceptors (Lipinski definition) is 5. The molecule has 1 aromatic carbocycles. The zero-order valence-electron chi connectivity index (χ0n) is 14.4. The Morgan fingerprint density at radius 3 is 2.38 bits per heavy atom. The smallest absolute Gasteiger partial charge is 0.264 e. The summed E-state index contributed by atoms with van der Waals surface area (Å²) in [6, 6.07) is 13.8. The Balaban J connectivity index is 2.24. The Hall–Kier alpha value is -1.37. The number of aromatic nitrogens is 1. The van der Waals surface area contributed by atoms with Gasteiger partial charge in [-0.15, -0.1) is 11.8 Å². The third kappa shape index (κ3) is 5.92. The maximum absolute atomic E-state index is 11.7. The van der Waals surface area contributed by atoms with E-state index in [-0.39, 0.29) is 0 Å². The molecule has 0 aliphatic carbocycles. The van der Waals surface area contributed by atoms with E-state index in [1.165, 1.54) is 5.56 Å². The van der Waals surface area contributed by atoms with Gasteiger partial charge in [-0.05, 0) is 45.0 Å². The molecule has 130 valence electrons. The molecule has 0 aliphatic heterocycles. The van der Waals surface area contributed by atoms with E-state index in [4.69, 9.17) is 4.18 Å². The van der Waals surface area contributed by atoms with Gasteiger partial charge in [0.1, 0.15) is 0 Å². The standard InChI is InChI=1S/C18H23NO3S2/c1-14-8-10-16(11-9-14)23-18(2,3)17(22-24(4,20)21)13-15-7-5-6-12-19-15/h5-12,17H,13H2,1-4H3. The monoisotopic (exact) mass is 365 g/mol. The van der Waals surface area contributed by atoms with Crippen molar-refractivity contribution >= 4 is 21.9 Å². The second-order valence-electron chi connectivity index (χ2n) is 6.33. The molecule has 24 heavy (non-hydrogen) atoms. The van der Waals surface area contributed by atoms with Gasteiger partial charge in [0, 0.05) is 28.0 Å². The third-order valence-corrected chi connectivity index (χ3v) is 5.47. The summed E-state index contributed by atoms with van der Waals surface area (Å²) in [6.45, 7) is 6.03. The van der Waals surface area contributed by atoms with E-state index in [0.717, 1.165) is 16.8 Å². The van der Waals surface area contributed by atoms with Gasteiger partial charge in [0.2, 0.25) is 0 Å². The number of rotatable bonds is 7. The van der Waals surface area contributed by atoms with E-state index in [0.29, 0.717) is 6.42 Å². The maximum atomic E-state index is 11.7. The molecule has 0 saturated heterocycles. The quantitative estimate of drug-likeness (QED) is 0.551. The fraction of sp³-hybridized carbons (Fsp3) is 0.389. The van der Waals surface area contributed by atoms with E-state index in [2.05, 4.69) is 4.98 Å². The second-order valence-corrected chi connectivity index (χ2v) is 9.66. The van der Waals surface area contributed by atoms with E-state index < -0.39 is 21.0 Å². The molecule has 0 fully saturated rings. The molecule has 1 aromatic heterocycles. The molecule has 1 atom stereocenters. The lowest BCUT2D eigenvalue weighted by Crippen LogP contribution is -2.38. The summed E-state index contributed by atoms with van der Waals surface area (Å²) in [5, 5.41) is 0. The number of aryl methyl sites for hydroxylation is 1. The molecular formula is C18H23NO3S2. The van der Waals surface area contributed by atoms with Crippen molar-refractivity contribution in [2.45, 2.75) is 42.9 Å². The first-order valence-corrected chi connectivity index (χ1v) is 10.3. The molecule has 2 rings (SSSR count). The van der Waals surface area contributed by atoms with Gasteiger partial charge < -0.3 is 0 Å². The summed E-state index contributed by atoms with van der Waals surface area (Å²) in [4.78, 5) is 5.37. The summed E-state index contributed by atoms with van der Waals surface area (Å²) < 4.78 is 28.4. The van der Waals surface area contributed by atoms with Crippen LogP contribution < -0.4 is 0 Å². The number of hydrogen-bond donors (Lipinski definition) is 0. The van der Waals surface area contributed by atoms with Crippen LogP contribution in [0.2, 0.25) is 0 Å². The SMILES string of the molecule is Cc1ccc(SC(C)(C)C(Cc2ccccn2)OS(C)(=O)=O)cc1. The number of thioether (sulfide) groups is 1. The minimum atomic E-state index is -3.57. The lowest BCUT2D eigenvalue weighted by atomic mass is 10.0. The average Bonchev–Trinajstić information content (AvgIpc) is 2.48. The van der Waals surface area contributed by atoms with Crippen LogP contribution in [0.5, 0.6) is 0 Å². The Bertz CT molecular complexity index is 757. The van der Waals surface area contributed by atoms with Gasteiger partial charge in [-0.2, -0.15) is 8.42 Å². The van der Waals surface area contributed by atoms with Crippen molar-refractivity contribution in [3.05, 3.63) is 59.9 Å². The van der Waals surface area contributed by atoms with E-state index >= 15 is 0 Å². The van der Waals surface area contributed by atoms with Gasteiger partial charge in [-0.25, -0.2) is 0 Å². The summed E-state index contributed by atoms with van der Waals surface area (Å²) in [5.41, 5.74) is 2.00. The van der Waals surface area contributed by atoms with Crippen molar-refractivity contribution < 1.29 is 12.6 Å². The van der Waals surface area contributed by atoms with Crippen LogP contribution in [0.15, 0.2) is 53.6 Å². The fourth-order valence-electron chi connectivity index (χ4n) is 2.29. The molecule has 0 N–H and O–H groups in total. The zero-order valence-corrected chi connectivity index (χ0v) is 16.0. The molecular weight excluding hydrogens is 342 g/mol. The van der Waals surface area contributed by atoms with E-state index in [1.54, 1.807) is 18.0 Å². The van der Waals surface area contributed by atoms with E-state index in [1.807, 2.05) is 63.2 Å². The molecule has 0 radical (unpaired) electrons. The lowest BCUT2D eigenvalue weighted by Gasteiger charge is -2.32. The van der Waals surface area contributed by atoms with Crippen molar-refractivity contribution in [2.24, 2.45) is 0 Å². The predicted molar refractivity (Wildman–Crippen MR) is 98.8 cm³/mol. The second kappa shape index (κ2) is 7.68. The Labute approximate surface area is 148 Å². The first kappa shape index (κ1) is 19.0. The van der Waals surface area contributed by atoms with Gasteiger partial charge in [0.05, 0.1) is 12.4 Å². The highest BCUT2D eigenvalue weighted by atomic mass is 32.2. The van der Waals surface area contributed by atoms with Crippen LogP contribution in [-0.2, 0) is 20.7 Å². The van der Waals surface area contributed by atoms with Crippen LogP contribution >= 0.6 is 11.8 Å². The Morgan fingerprint density at radius 2 is 1.83 bits per heavy atom. The fourth-order valence-corrected chi connectivity index (χ4v) is 4.23. The van der Waals surface area contributed by atoms with Crippen LogP contribution in [0, 0.1) is 6.92 Å². The molecule has 6 heteroatoms. The first-order valence-electron chi connectivity index (χ1n) is 7.69. The van der Waals surface area contributed by atoms with Crippen LogP contribution in [0.4, 0.5) is 0 Å². The van der Waals surface area contributed by atoms with Crippen LogP contribution in [0.1, 0.15) is 25.1 Å². The molecule has 0 spiro atoms. The van der Waals surface area contributed by atoms with Gasteiger partial charge in [-0.1, -0.05) is 23.8 Å². The largest absolute Gasteiger partial charge is 0.265 e. The minimum absolute atomic E-state index is 0.430. The summed E-state index contributed by atoms with van der Waals surface area (Å²) in [5.74, 6) is 0. The number of nitrogens with zero attached hydrogens (tertiary/aromatic N) is 1. The van der Waals surface area contributed by atoms with Crippen molar-refractivity contribution in [1.29, 1.82) is 0 Å². The average molecular weight is 366 g/mol. The zero-order chi connectivity index (χ0) is 17.8. The summed E-state index contributed by atoms with van der Waals surface area (Å²) in [6.07, 6.45) is 2.70. The normalized spacial score (nSPS) is 13.7. The molecule has 1 unspecified atom stereocenters. The highest BCUT2D eigenvalue weighted by molar-refractivity contribution is 8.00. The molecule has 2 aromatic rings.